The molecule has 5 heteroatoms. The van der Waals surface area contributed by atoms with Gasteiger partial charge in [0.05, 0.1) is 0 Å². The molecule has 1 aliphatic rings. The Balaban J connectivity index is 1.35. The Kier molecular flexibility index (Phi) is 5.29. The molecule has 29 heavy (non-hydrogen) atoms. The zero-order valence-electron chi connectivity index (χ0n) is 16.2. The molecule has 146 valence electrons. The van der Waals surface area contributed by atoms with Gasteiger partial charge in [-0.05, 0) is 66.9 Å². The maximum atomic E-state index is 12.8. The number of benzene rings is 3. The number of hydrogen-bond acceptors (Lipinski definition) is 3. The van der Waals surface area contributed by atoms with Crippen LogP contribution < -0.4 is 15.0 Å². The molecule has 1 aliphatic heterocycles. The minimum atomic E-state index is -0.251. The van der Waals surface area contributed by atoms with E-state index in [1.54, 1.807) is 29.2 Å². The van der Waals surface area contributed by atoms with Crippen molar-refractivity contribution in [1.82, 2.24) is 0 Å². The molecule has 3 aromatic rings. The van der Waals surface area contributed by atoms with E-state index < -0.39 is 0 Å². The first-order valence-corrected chi connectivity index (χ1v) is 9.59. The van der Waals surface area contributed by atoms with Crippen LogP contribution in [0.2, 0.25) is 0 Å². The molecule has 1 heterocycles. The average molecular weight is 386 g/mol. The van der Waals surface area contributed by atoms with Crippen LogP contribution in [0.1, 0.15) is 21.5 Å². The zero-order valence-corrected chi connectivity index (χ0v) is 16.2. The van der Waals surface area contributed by atoms with E-state index in [9.17, 15) is 9.59 Å². The quantitative estimate of drug-likeness (QED) is 0.714. The van der Waals surface area contributed by atoms with Crippen molar-refractivity contribution in [2.45, 2.75) is 13.3 Å². The SMILES string of the molecule is Cc1cccc(OCC(=O)Nc2ccc(C(=O)N3CCc4ccccc43)cc2)c1. The molecular formula is C24H22N2O3. The van der Waals surface area contributed by atoms with Gasteiger partial charge < -0.3 is 15.0 Å². The highest BCUT2D eigenvalue weighted by molar-refractivity contribution is 6.07. The molecule has 0 unspecified atom stereocenters. The highest BCUT2D eigenvalue weighted by atomic mass is 16.5. The van der Waals surface area contributed by atoms with Crippen molar-refractivity contribution in [1.29, 1.82) is 0 Å². The molecule has 0 saturated carbocycles. The number of hydrogen-bond donors (Lipinski definition) is 1. The van der Waals surface area contributed by atoms with Crippen LogP contribution in [0.4, 0.5) is 11.4 Å². The monoisotopic (exact) mass is 386 g/mol. The second kappa shape index (κ2) is 8.19. The number of fused-ring (bicyclic) bond motifs is 1. The number of para-hydroxylation sites is 1. The average Bonchev–Trinajstić information content (AvgIpc) is 3.17. The minimum absolute atomic E-state index is 0.0318. The molecule has 0 radical (unpaired) electrons. The third-order valence-electron chi connectivity index (χ3n) is 4.91. The number of anilines is 2. The number of carbonyl (C=O) groups excluding carboxylic acids is 2. The number of carbonyl (C=O) groups is 2. The van der Waals surface area contributed by atoms with Crippen molar-refractivity contribution >= 4 is 23.2 Å². The highest BCUT2D eigenvalue weighted by Crippen LogP contribution is 2.29. The van der Waals surface area contributed by atoms with Crippen LogP contribution in [-0.4, -0.2) is 25.0 Å². The van der Waals surface area contributed by atoms with E-state index in [2.05, 4.69) is 11.4 Å². The van der Waals surface area contributed by atoms with Crippen molar-refractivity contribution in [3.63, 3.8) is 0 Å². The van der Waals surface area contributed by atoms with Crippen molar-refractivity contribution in [2.24, 2.45) is 0 Å². The second-order valence-electron chi connectivity index (χ2n) is 7.07. The lowest BCUT2D eigenvalue weighted by Gasteiger charge is -2.17. The van der Waals surface area contributed by atoms with Crippen LogP contribution in [-0.2, 0) is 11.2 Å². The molecule has 0 atom stereocenters. The Hall–Kier alpha value is -3.60. The van der Waals surface area contributed by atoms with Crippen LogP contribution in [0, 0.1) is 6.92 Å². The second-order valence-corrected chi connectivity index (χ2v) is 7.07. The molecule has 2 amide bonds. The molecule has 5 nitrogen and oxygen atoms in total. The van der Waals surface area contributed by atoms with E-state index in [1.165, 1.54) is 5.56 Å². The molecule has 0 saturated heterocycles. The summed E-state index contributed by atoms with van der Waals surface area (Å²) in [5.74, 6) is 0.377. The van der Waals surface area contributed by atoms with Gasteiger partial charge in [-0.2, -0.15) is 0 Å². The van der Waals surface area contributed by atoms with Gasteiger partial charge in [0.1, 0.15) is 5.75 Å². The molecule has 0 aliphatic carbocycles. The van der Waals surface area contributed by atoms with Crippen LogP contribution in [0.3, 0.4) is 0 Å². The van der Waals surface area contributed by atoms with Gasteiger partial charge in [-0.1, -0.05) is 30.3 Å². The summed E-state index contributed by atoms with van der Waals surface area (Å²) in [5.41, 5.74) is 4.46. The fraction of sp³-hybridized carbons (Fsp3) is 0.167. The van der Waals surface area contributed by atoms with Gasteiger partial charge in [-0.3, -0.25) is 9.59 Å². The van der Waals surface area contributed by atoms with Gasteiger partial charge >= 0.3 is 0 Å². The molecular weight excluding hydrogens is 364 g/mol. The molecule has 0 fully saturated rings. The van der Waals surface area contributed by atoms with E-state index in [4.69, 9.17) is 4.74 Å². The van der Waals surface area contributed by atoms with Gasteiger partial charge in [-0.15, -0.1) is 0 Å². The molecule has 4 rings (SSSR count). The smallest absolute Gasteiger partial charge is 0.262 e. The minimum Gasteiger partial charge on any atom is -0.484 e. The largest absolute Gasteiger partial charge is 0.484 e. The lowest BCUT2D eigenvalue weighted by atomic mass is 10.1. The number of ether oxygens (including phenoxy) is 1. The number of nitrogens with one attached hydrogen (secondary N) is 1. The van der Waals surface area contributed by atoms with Crippen molar-refractivity contribution in [3.8, 4) is 5.75 Å². The van der Waals surface area contributed by atoms with Crippen LogP contribution in [0.5, 0.6) is 5.75 Å². The summed E-state index contributed by atoms with van der Waals surface area (Å²) in [4.78, 5) is 26.8. The van der Waals surface area contributed by atoms with Gasteiger partial charge in [0.2, 0.25) is 0 Å². The predicted molar refractivity (Wildman–Crippen MR) is 114 cm³/mol. The van der Waals surface area contributed by atoms with Gasteiger partial charge in [0.25, 0.3) is 11.8 Å². The summed E-state index contributed by atoms with van der Waals surface area (Å²) in [5, 5.41) is 2.79. The lowest BCUT2D eigenvalue weighted by Crippen LogP contribution is -2.28. The third kappa shape index (κ3) is 4.29. The maximum Gasteiger partial charge on any atom is 0.262 e. The van der Waals surface area contributed by atoms with E-state index in [0.717, 1.165) is 17.7 Å². The molecule has 0 aromatic heterocycles. The van der Waals surface area contributed by atoms with E-state index in [0.29, 0.717) is 23.5 Å². The first kappa shape index (κ1) is 18.7. The molecule has 0 spiro atoms. The highest BCUT2D eigenvalue weighted by Gasteiger charge is 2.24. The normalized spacial score (nSPS) is 12.4. The van der Waals surface area contributed by atoms with E-state index in [-0.39, 0.29) is 18.4 Å². The van der Waals surface area contributed by atoms with Gasteiger partial charge in [0, 0.05) is 23.5 Å². The summed E-state index contributed by atoms with van der Waals surface area (Å²) in [6.07, 6.45) is 0.872. The summed E-state index contributed by atoms with van der Waals surface area (Å²) in [7, 11) is 0. The topological polar surface area (TPSA) is 58.6 Å². The standard InChI is InChI=1S/C24H22N2O3/c1-17-5-4-7-21(15-17)29-16-23(27)25-20-11-9-19(10-12-20)24(28)26-14-13-18-6-2-3-8-22(18)26/h2-12,15H,13-14,16H2,1H3,(H,25,27). The van der Waals surface area contributed by atoms with Crippen LogP contribution >= 0.6 is 0 Å². The number of rotatable bonds is 5. The Morgan fingerprint density at radius 1 is 1.00 bits per heavy atom. The fourth-order valence-corrected chi connectivity index (χ4v) is 3.45. The summed E-state index contributed by atoms with van der Waals surface area (Å²) in [6.45, 7) is 2.58. The first-order chi connectivity index (χ1) is 14.1. The summed E-state index contributed by atoms with van der Waals surface area (Å²) in [6, 6.07) is 22.5. The molecule has 3 aromatic carbocycles. The van der Waals surface area contributed by atoms with Gasteiger partial charge in [0.15, 0.2) is 6.61 Å². The van der Waals surface area contributed by atoms with Crippen molar-refractivity contribution in [3.05, 3.63) is 89.5 Å². The number of aryl methyl sites for hydroxylation is 1. The van der Waals surface area contributed by atoms with Crippen molar-refractivity contribution < 1.29 is 14.3 Å². The fourth-order valence-electron chi connectivity index (χ4n) is 3.45. The molecule has 0 bridgehead atoms. The van der Waals surface area contributed by atoms with Crippen molar-refractivity contribution in [2.75, 3.05) is 23.4 Å². The van der Waals surface area contributed by atoms with Crippen LogP contribution in [0.15, 0.2) is 72.8 Å². The Morgan fingerprint density at radius 2 is 1.79 bits per heavy atom. The Labute approximate surface area is 169 Å². The lowest BCUT2D eigenvalue weighted by molar-refractivity contribution is -0.118. The van der Waals surface area contributed by atoms with E-state index >= 15 is 0 Å². The Bertz CT molecular complexity index is 1040. The number of nitrogens with zero attached hydrogens (tertiary/aromatic N) is 1. The molecule has 1 N–H and O–H groups in total. The Morgan fingerprint density at radius 3 is 2.59 bits per heavy atom. The zero-order chi connectivity index (χ0) is 20.2. The third-order valence-corrected chi connectivity index (χ3v) is 4.91. The summed E-state index contributed by atoms with van der Waals surface area (Å²) >= 11 is 0. The first-order valence-electron chi connectivity index (χ1n) is 9.59. The predicted octanol–water partition coefficient (Wildman–Crippen LogP) is 4.22. The van der Waals surface area contributed by atoms with E-state index in [1.807, 2.05) is 49.4 Å². The van der Waals surface area contributed by atoms with Crippen LogP contribution in [0.25, 0.3) is 0 Å². The maximum absolute atomic E-state index is 12.8. The number of amides is 2. The summed E-state index contributed by atoms with van der Waals surface area (Å²) < 4.78 is 5.51. The van der Waals surface area contributed by atoms with Gasteiger partial charge in [-0.25, -0.2) is 0 Å².